The predicted molar refractivity (Wildman–Crippen MR) is 289 cm³/mol. The maximum absolute atomic E-state index is 14.2. The van der Waals surface area contributed by atoms with Crippen molar-refractivity contribution in [3.63, 3.8) is 0 Å². The average Bonchev–Trinajstić information content (AvgIpc) is 3.83. The number of nitrogens with two attached hydrogens (primary N) is 3. The van der Waals surface area contributed by atoms with E-state index in [1.807, 2.05) is 40.2 Å². The first-order chi connectivity index (χ1) is 34.9. The topological polar surface area (TPSA) is 352 Å². The number of carbonyl (C=O) groups is 9. The molecule has 0 saturated carbocycles. The lowest BCUT2D eigenvalue weighted by atomic mass is 10.0. The second-order valence-electron chi connectivity index (χ2n) is 19.9. The van der Waals surface area contributed by atoms with Crippen LogP contribution in [0.2, 0.25) is 0 Å². The quantitative estimate of drug-likeness (QED) is 0.0257. The molecule has 1 fully saturated rings. The monoisotopic (exact) mass is 1080 g/mol. The molecule has 1 heterocycles. The van der Waals surface area contributed by atoms with Gasteiger partial charge in [-0.1, -0.05) is 71.9 Å². The Balaban J connectivity index is 2.26. The van der Waals surface area contributed by atoms with Crippen LogP contribution in [0.5, 0.6) is 0 Å². The van der Waals surface area contributed by atoms with Gasteiger partial charge in [0, 0.05) is 19.5 Å². The van der Waals surface area contributed by atoms with E-state index >= 15 is 0 Å². The van der Waals surface area contributed by atoms with E-state index in [0.29, 0.717) is 42.8 Å². The number of guanidine groups is 1. The van der Waals surface area contributed by atoms with Gasteiger partial charge < -0.3 is 64.4 Å². The molecule has 14 N–H and O–H groups in total. The minimum atomic E-state index is -1.23. The summed E-state index contributed by atoms with van der Waals surface area (Å²) >= 11 is 2.86. The Morgan fingerprint density at radius 1 is 0.662 bits per heavy atom. The third-order valence-electron chi connectivity index (χ3n) is 12.2. The fourth-order valence-electron chi connectivity index (χ4n) is 8.22. The van der Waals surface area contributed by atoms with Crippen molar-refractivity contribution in [3.8, 4) is 0 Å². The number of hydrogen-bond acceptors (Lipinski definition) is 13. The number of amides is 8. The Bertz CT molecular complexity index is 2040. The molecule has 0 aliphatic carbocycles. The van der Waals surface area contributed by atoms with Crippen LogP contribution in [0.15, 0.2) is 35.3 Å². The van der Waals surface area contributed by atoms with Crippen LogP contribution in [-0.4, -0.2) is 161 Å². The van der Waals surface area contributed by atoms with Gasteiger partial charge in [0.1, 0.15) is 48.3 Å². The zero-order valence-electron chi connectivity index (χ0n) is 44.6. The van der Waals surface area contributed by atoms with Gasteiger partial charge in [0.15, 0.2) is 5.96 Å². The van der Waals surface area contributed by atoms with Crippen LogP contribution < -0.4 is 54.4 Å². The van der Waals surface area contributed by atoms with Crippen molar-refractivity contribution >= 4 is 82.7 Å². The summed E-state index contributed by atoms with van der Waals surface area (Å²) in [5.41, 5.74) is 17.8. The van der Waals surface area contributed by atoms with Gasteiger partial charge >= 0.3 is 5.97 Å². The molecule has 22 nitrogen and oxygen atoms in total. The van der Waals surface area contributed by atoms with Gasteiger partial charge in [0.25, 0.3) is 0 Å². The number of carbonyl (C=O) groups excluding carboxylic acids is 8. The SMILES string of the molecule is CSCC[C@H](NC(=O)[C@H](CCSC)NC(=O)[C@@H](NC(=O)[C@H](CCCN=C(N)N)NC(=O)[C@@H](N)CC(C)C)C(C)C)C(=O)N[C@@H](CC(C)C)C(=O)N[C@@H](C)C(=O)N1CCC[C@H]1C(=O)N[C@@H](Cc1ccccc1)C(=O)O. The third kappa shape index (κ3) is 22.9. The number of hydrogen-bond donors (Lipinski definition) is 11. The lowest BCUT2D eigenvalue weighted by molar-refractivity contribution is -0.144. The number of nitrogens with zero attached hydrogens (tertiary/aromatic N) is 2. The maximum atomic E-state index is 14.2. The average molecular weight is 1080 g/mol. The number of likely N-dealkylation sites (tertiary alicyclic amines) is 1. The third-order valence-corrected chi connectivity index (χ3v) is 13.5. The summed E-state index contributed by atoms with van der Waals surface area (Å²) in [6, 6.07) is -1.09. The Labute approximate surface area is 445 Å². The molecule has 1 aromatic carbocycles. The molecule has 2 rings (SSSR count). The Morgan fingerprint density at radius 3 is 1.70 bits per heavy atom. The number of thioether (sulfide) groups is 2. The molecule has 1 aliphatic rings. The van der Waals surface area contributed by atoms with Crippen molar-refractivity contribution in [2.24, 2.45) is 39.9 Å². The van der Waals surface area contributed by atoms with E-state index in [9.17, 15) is 48.3 Å². The van der Waals surface area contributed by atoms with E-state index in [-0.39, 0.29) is 63.0 Å². The second-order valence-corrected chi connectivity index (χ2v) is 21.8. The number of nitrogens with one attached hydrogen (secondary N) is 7. The summed E-state index contributed by atoms with van der Waals surface area (Å²) < 4.78 is 0. The van der Waals surface area contributed by atoms with Gasteiger partial charge in [-0.05, 0) is 106 Å². The minimum Gasteiger partial charge on any atom is -0.480 e. The Morgan fingerprint density at radius 2 is 1.18 bits per heavy atom. The normalized spacial score (nSPS) is 16.6. The first kappa shape index (κ1) is 64.5. The molecule has 1 saturated heterocycles. The Hall–Kier alpha value is -5.62. The molecule has 0 unspecified atom stereocenters. The van der Waals surface area contributed by atoms with Gasteiger partial charge in [0.2, 0.25) is 47.3 Å². The van der Waals surface area contributed by atoms with Gasteiger partial charge in [-0.2, -0.15) is 23.5 Å². The van der Waals surface area contributed by atoms with Gasteiger partial charge in [-0.3, -0.25) is 43.3 Å². The van der Waals surface area contributed by atoms with Crippen LogP contribution in [0, 0.1) is 17.8 Å². The molecule has 0 spiro atoms. The van der Waals surface area contributed by atoms with Crippen LogP contribution in [-0.2, 0) is 49.6 Å². The van der Waals surface area contributed by atoms with Crippen LogP contribution in [0.1, 0.15) is 105 Å². The highest BCUT2D eigenvalue weighted by atomic mass is 32.2. The minimum absolute atomic E-state index is 0.0419. The molecule has 9 atom stereocenters. The highest BCUT2D eigenvalue weighted by Crippen LogP contribution is 2.20. The van der Waals surface area contributed by atoms with Crippen molar-refractivity contribution in [3.05, 3.63) is 35.9 Å². The molecule has 1 aliphatic heterocycles. The molecule has 0 aromatic heterocycles. The highest BCUT2D eigenvalue weighted by molar-refractivity contribution is 7.98. The van der Waals surface area contributed by atoms with Gasteiger partial charge in [-0.25, -0.2) is 4.79 Å². The smallest absolute Gasteiger partial charge is 0.326 e. The zero-order chi connectivity index (χ0) is 55.7. The van der Waals surface area contributed by atoms with Crippen molar-refractivity contribution in [2.75, 3.05) is 37.1 Å². The van der Waals surface area contributed by atoms with Crippen LogP contribution >= 0.6 is 23.5 Å². The van der Waals surface area contributed by atoms with Gasteiger partial charge in [0.05, 0.1) is 6.04 Å². The number of carboxylic acids is 1. The molecule has 416 valence electrons. The lowest BCUT2D eigenvalue weighted by Gasteiger charge is -2.30. The molecule has 8 amide bonds. The lowest BCUT2D eigenvalue weighted by Crippen LogP contribution is -2.61. The molecule has 0 radical (unpaired) electrons. The number of aliphatic imine (C=N–C) groups is 1. The standard InChI is InChI=1S/C50H84N12O10S2/c1-28(2)25-33(51)41(63)56-34(17-13-21-54-50(52)53)44(66)61-40(30(5)6)47(69)58-36(20-24-74-9)42(64)57-35(19-23-73-8)43(65)59-37(26-29(3)4)45(67)55-31(7)48(70)62-22-14-18-39(62)46(68)60-38(49(71)72)27-32-15-11-10-12-16-32/h10-12,15-16,28-31,33-40H,13-14,17-27,51H2,1-9H3,(H,55,67)(H,56,63)(H,57,64)(H,58,69)(H,59,65)(H,60,68)(H,61,66)(H,71,72)(H4,52,53,54)/t31-,33-,34-,35-,36-,37-,38-,39-,40-/m0/s1. The largest absolute Gasteiger partial charge is 0.480 e. The first-order valence-electron chi connectivity index (χ1n) is 25.4. The molecule has 0 bridgehead atoms. The van der Waals surface area contributed by atoms with Crippen molar-refractivity contribution in [1.29, 1.82) is 0 Å². The number of carboxylic acid groups (broad SMARTS) is 1. The van der Waals surface area contributed by atoms with E-state index in [1.54, 1.807) is 44.2 Å². The highest BCUT2D eigenvalue weighted by Gasteiger charge is 2.39. The van der Waals surface area contributed by atoms with Crippen LogP contribution in [0.4, 0.5) is 0 Å². The molecular weight excluding hydrogens is 993 g/mol. The van der Waals surface area contributed by atoms with Crippen molar-refractivity contribution in [1.82, 2.24) is 42.1 Å². The van der Waals surface area contributed by atoms with Crippen LogP contribution in [0.25, 0.3) is 0 Å². The summed E-state index contributed by atoms with van der Waals surface area (Å²) in [6.07, 6.45) is 5.76. The second kappa shape index (κ2) is 33.3. The van der Waals surface area contributed by atoms with Crippen molar-refractivity contribution < 1.29 is 48.3 Å². The number of aliphatic carboxylic acids is 1. The summed E-state index contributed by atoms with van der Waals surface area (Å²) in [6.45, 7) is 12.8. The van der Waals surface area contributed by atoms with Gasteiger partial charge in [-0.15, -0.1) is 0 Å². The van der Waals surface area contributed by atoms with Crippen LogP contribution in [0.3, 0.4) is 0 Å². The fourth-order valence-corrected chi connectivity index (χ4v) is 9.16. The summed E-state index contributed by atoms with van der Waals surface area (Å²) in [7, 11) is 0. The molecule has 74 heavy (non-hydrogen) atoms. The predicted octanol–water partition coefficient (Wildman–Crippen LogP) is 0.353. The fraction of sp³-hybridized carbons (Fsp3) is 0.680. The summed E-state index contributed by atoms with van der Waals surface area (Å²) in [5.74, 6) is -6.02. The van der Waals surface area contributed by atoms with E-state index in [2.05, 4.69) is 42.2 Å². The molecule has 24 heteroatoms. The molecular formula is C50H84N12O10S2. The number of benzene rings is 1. The first-order valence-corrected chi connectivity index (χ1v) is 28.2. The summed E-state index contributed by atoms with van der Waals surface area (Å²) in [5, 5.41) is 29.0. The summed E-state index contributed by atoms with van der Waals surface area (Å²) in [4.78, 5) is 128. The zero-order valence-corrected chi connectivity index (χ0v) is 46.2. The number of rotatable bonds is 33. The van der Waals surface area contributed by atoms with E-state index in [4.69, 9.17) is 17.2 Å². The molecule has 1 aromatic rings. The van der Waals surface area contributed by atoms with Crippen molar-refractivity contribution in [2.45, 2.75) is 161 Å². The van der Waals surface area contributed by atoms with E-state index in [0.717, 1.165) is 0 Å². The van der Waals surface area contributed by atoms with E-state index in [1.165, 1.54) is 35.3 Å². The Kier molecular flexibility index (Phi) is 29.0. The maximum Gasteiger partial charge on any atom is 0.326 e. The van der Waals surface area contributed by atoms with E-state index < -0.39 is 114 Å².